The fraction of sp³-hybridized carbons (Fsp3) is 0.429. The largest absolute Gasteiger partial charge is 0.454 e. The molecule has 0 atom stereocenters. The third-order valence-electron chi connectivity index (χ3n) is 3.22. The van der Waals surface area contributed by atoms with E-state index in [0.29, 0.717) is 30.9 Å². The van der Waals surface area contributed by atoms with Gasteiger partial charge in [0.1, 0.15) is 0 Å². The zero-order chi connectivity index (χ0) is 13.8. The molecule has 0 bridgehead atoms. The number of carbonyl (C=O) groups is 1. The molecule has 0 N–H and O–H groups in total. The number of rotatable bonds is 4. The van der Waals surface area contributed by atoms with Gasteiger partial charge < -0.3 is 14.4 Å². The van der Waals surface area contributed by atoms with E-state index in [1.807, 2.05) is 12.1 Å². The third kappa shape index (κ3) is 2.97. The van der Waals surface area contributed by atoms with Crippen molar-refractivity contribution in [1.29, 1.82) is 5.26 Å². The van der Waals surface area contributed by atoms with E-state index in [2.05, 4.69) is 6.07 Å². The molecule has 1 heterocycles. The smallest absolute Gasteiger partial charge is 0.231 e. The number of ether oxygens (including phenoxy) is 2. The van der Waals surface area contributed by atoms with Gasteiger partial charge in [0.2, 0.25) is 12.7 Å². The Kier molecular flexibility index (Phi) is 3.91. The summed E-state index contributed by atoms with van der Waals surface area (Å²) in [5.74, 6) is 1.43. The Morgan fingerprint density at radius 3 is 2.58 bits per heavy atom. The predicted octanol–water partition coefficient (Wildman–Crippen LogP) is 1.50. The van der Waals surface area contributed by atoms with Gasteiger partial charge in [-0.1, -0.05) is 0 Å². The summed E-state index contributed by atoms with van der Waals surface area (Å²) in [7, 11) is 1.76. The molecular weight excluding hydrogens is 244 g/mol. The lowest BCUT2D eigenvalue weighted by molar-refractivity contribution is -0.127. The molecule has 1 amide bonds. The number of benzene rings is 1. The molecule has 2 rings (SSSR count). The van der Waals surface area contributed by atoms with Gasteiger partial charge in [-0.2, -0.15) is 5.26 Å². The van der Waals surface area contributed by atoms with Crippen LogP contribution in [0.3, 0.4) is 0 Å². The topological polar surface area (TPSA) is 62.6 Å². The summed E-state index contributed by atoms with van der Waals surface area (Å²) < 4.78 is 10.6. The first-order valence-corrected chi connectivity index (χ1v) is 6.12. The predicted molar refractivity (Wildman–Crippen MR) is 68.9 cm³/mol. The van der Waals surface area contributed by atoms with Crippen LogP contribution >= 0.6 is 0 Å². The molecule has 0 radical (unpaired) electrons. The number of nitrogens with zero attached hydrogens (tertiary/aromatic N) is 2. The van der Waals surface area contributed by atoms with Crippen molar-refractivity contribution in [3.8, 4) is 17.6 Å². The van der Waals surface area contributed by atoms with Gasteiger partial charge in [-0.15, -0.1) is 0 Å². The Balaban J connectivity index is 2.18. The average molecular weight is 260 g/mol. The second kappa shape index (κ2) is 5.61. The standard InChI is InChI=1S/C14H16N2O3/c1-10(17)16(2)6-4-12-8-14-13(18-9-19-14)7-11(12)3-5-15/h7-8H,3-4,6,9H2,1-2H3. The lowest BCUT2D eigenvalue weighted by atomic mass is 10.0. The average Bonchev–Trinajstić information content (AvgIpc) is 2.82. The van der Waals surface area contributed by atoms with E-state index in [-0.39, 0.29) is 12.7 Å². The highest BCUT2D eigenvalue weighted by Gasteiger charge is 2.17. The fourth-order valence-electron chi connectivity index (χ4n) is 1.95. The van der Waals surface area contributed by atoms with Gasteiger partial charge in [0, 0.05) is 20.5 Å². The number of nitriles is 1. The van der Waals surface area contributed by atoms with Gasteiger partial charge in [0.25, 0.3) is 0 Å². The molecule has 19 heavy (non-hydrogen) atoms. The van der Waals surface area contributed by atoms with Gasteiger partial charge in [0.15, 0.2) is 11.5 Å². The summed E-state index contributed by atoms with van der Waals surface area (Å²) in [5.41, 5.74) is 1.96. The van der Waals surface area contributed by atoms with E-state index in [1.54, 1.807) is 11.9 Å². The van der Waals surface area contributed by atoms with Crippen LogP contribution in [0.5, 0.6) is 11.5 Å². The van der Waals surface area contributed by atoms with Crippen molar-refractivity contribution in [3.63, 3.8) is 0 Å². The van der Waals surface area contributed by atoms with Crippen molar-refractivity contribution < 1.29 is 14.3 Å². The zero-order valence-electron chi connectivity index (χ0n) is 11.1. The molecule has 0 aromatic heterocycles. The highest BCUT2D eigenvalue weighted by atomic mass is 16.7. The highest BCUT2D eigenvalue weighted by Crippen LogP contribution is 2.35. The van der Waals surface area contributed by atoms with Crippen molar-refractivity contribution in [2.45, 2.75) is 19.8 Å². The number of hydrogen-bond acceptors (Lipinski definition) is 4. The van der Waals surface area contributed by atoms with E-state index in [4.69, 9.17) is 14.7 Å². The quantitative estimate of drug-likeness (QED) is 0.823. The van der Waals surface area contributed by atoms with Crippen molar-refractivity contribution in [2.24, 2.45) is 0 Å². The van der Waals surface area contributed by atoms with E-state index in [0.717, 1.165) is 11.1 Å². The summed E-state index contributed by atoms with van der Waals surface area (Å²) in [6.45, 7) is 2.38. The summed E-state index contributed by atoms with van der Waals surface area (Å²) in [5, 5.41) is 8.87. The maximum atomic E-state index is 11.2. The lowest BCUT2D eigenvalue weighted by Crippen LogP contribution is -2.26. The fourth-order valence-corrected chi connectivity index (χ4v) is 1.95. The first kappa shape index (κ1) is 13.2. The van der Waals surface area contributed by atoms with Gasteiger partial charge in [0.05, 0.1) is 12.5 Å². The summed E-state index contributed by atoms with van der Waals surface area (Å²) >= 11 is 0. The molecule has 5 heteroatoms. The minimum atomic E-state index is 0.0302. The molecule has 5 nitrogen and oxygen atoms in total. The van der Waals surface area contributed by atoms with Crippen LogP contribution in [0.25, 0.3) is 0 Å². The van der Waals surface area contributed by atoms with Gasteiger partial charge in [-0.3, -0.25) is 4.79 Å². The molecule has 100 valence electrons. The molecule has 1 aliphatic rings. The SMILES string of the molecule is CC(=O)N(C)CCc1cc2c(cc1CC#N)OCO2. The molecule has 0 saturated heterocycles. The minimum Gasteiger partial charge on any atom is -0.454 e. The number of carbonyl (C=O) groups excluding carboxylic acids is 1. The molecule has 1 aromatic carbocycles. The summed E-state index contributed by atoms with van der Waals surface area (Å²) in [6, 6.07) is 5.91. The monoisotopic (exact) mass is 260 g/mol. The molecule has 0 saturated carbocycles. The maximum absolute atomic E-state index is 11.2. The van der Waals surface area contributed by atoms with Crippen LogP contribution in [-0.2, 0) is 17.6 Å². The number of hydrogen-bond donors (Lipinski definition) is 0. The Labute approximate surface area is 112 Å². The first-order chi connectivity index (χ1) is 9.11. The first-order valence-electron chi connectivity index (χ1n) is 6.12. The second-order valence-electron chi connectivity index (χ2n) is 4.50. The molecule has 0 unspecified atom stereocenters. The minimum absolute atomic E-state index is 0.0302. The Morgan fingerprint density at radius 1 is 1.37 bits per heavy atom. The van der Waals surface area contributed by atoms with E-state index in [1.165, 1.54) is 6.92 Å². The van der Waals surface area contributed by atoms with Crippen LogP contribution in [0.1, 0.15) is 18.1 Å². The molecule has 0 fully saturated rings. The summed E-state index contributed by atoms with van der Waals surface area (Å²) in [6.07, 6.45) is 1.03. The zero-order valence-corrected chi connectivity index (χ0v) is 11.1. The normalized spacial score (nSPS) is 12.1. The van der Waals surface area contributed by atoms with Crippen molar-refractivity contribution in [1.82, 2.24) is 4.90 Å². The van der Waals surface area contributed by atoms with Crippen LogP contribution < -0.4 is 9.47 Å². The molecular formula is C14H16N2O3. The van der Waals surface area contributed by atoms with Crippen LogP contribution in [0, 0.1) is 11.3 Å². The van der Waals surface area contributed by atoms with Gasteiger partial charge in [-0.05, 0) is 29.7 Å². The van der Waals surface area contributed by atoms with E-state index < -0.39 is 0 Å². The van der Waals surface area contributed by atoms with Crippen molar-refractivity contribution >= 4 is 5.91 Å². The van der Waals surface area contributed by atoms with E-state index in [9.17, 15) is 4.79 Å². The van der Waals surface area contributed by atoms with Crippen LogP contribution in [0.4, 0.5) is 0 Å². The van der Waals surface area contributed by atoms with Crippen molar-refractivity contribution in [3.05, 3.63) is 23.3 Å². The number of amides is 1. The third-order valence-corrected chi connectivity index (χ3v) is 3.22. The Hall–Kier alpha value is -2.22. The molecule has 1 aliphatic heterocycles. The molecule has 0 aliphatic carbocycles. The van der Waals surface area contributed by atoms with Crippen LogP contribution in [0.2, 0.25) is 0 Å². The maximum Gasteiger partial charge on any atom is 0.231 e. The Morgan fingerprint density at radius 2 is 2.00 bits per heavy atom. The Bertz CT molecular complexity index is 534. The van der Waals surface area contributed by atoms with Crippen molar-refractivity contribution in [2.75, 3.05) is 20.4 Å². The molecule has 1 aromatic rings. The lowest BCUT2D eigenvalue weighted by Gasteiger charge is -2.16. The van der Waals surface area contributed by atoms with E-state index >= 15 is 0 Å². The highest BCUT2D eigenvalue weighted by molar-refractivity contribution is 5.72. The van der Waals surface area contributed by atoms with Crippen LogP contribution in [0.15, 0.2) is 12.1 Å². The number of fused-ring (bicyclic) bond motifs is 1. The molecule has 0 spiro atoms. The summed E-state index contributed by atoms with van der Waals surface area (Å²) in [4.78, 5) is 12.8. The van der Waals surface area contributed by atoms with Gasteiger partial charge >= 0.3 is 0 Å². The second-order valence-corrected chi connectivity index (χ2v) is 4.50. The van der Waals surface area contributed by atoms with Gasteiger partial charge in [-0.25, -0.2) is 0 Å². The van der Waals surface area contributed by atoms with Crippen LogP contribution in [-0.4, -0.2) is 31.2 Å². The number of likely N-dealkylation sites (N-methyl/N-ethyl adjacent to an activating group) is 1.